The van der Waals surface area contributed by atoms with Crippen LogP contribution in [-0.4, -0.2) is 11.1 Å². The predicted octanol–water partition coefficient (Wildman–Crippen LogP) is 2.72. The number of hydrogen-bond donors (Lipinski definition) is 1. The number of carbonyl (C=O) groups is 1. The van der Waals surface area contributed by atoms with E-state index in [0.29, 0.717) is 5.56 Å². The number of aliphatic carboxylic acids is 1. The Kier molecular flexibility index (Phi) is 3.39. The highest BCUT2D eigenvalue weighted by Gasteiger charge is 2.14. The van der Waals surface area contributed by atoms with Crippen LogP contribution in [0.1, 0.15) is 30.9 Å². The number of halogens is 2. The molecule has 0 saturated heterocycles. The lowest BCUT2D eigenvalue weighted by atomic mass is 9.98. The van der Waals surface area contributed by atoms with Crippen LogP contribution < -0.4 is 0 Å². The van der Waals surface area contributed by atoms with Crippen molar-refractivity contribution in [2.75, 3.05) is 0 Å². The monoisotopic (exact) mass is 214 g/mol. The Balaban J connectivity index is 3.17. The van der Waals surface area contributed by atoms with E-state index < -0.39 is 24.0 Å². The van der Waals surface area contributed by atoms with Gasteiger partial charge in [-0.05, 0) is 23.1 Å². The average molecular weight is 214 g/mol. The molecule has 0 atom stereocenters. The molecule has 0 aromatic heterocycles. The summed E-state index contributed by atoms with van der Waals surface area (Å²) in [6.45, 7) is 3.53. The zero-order chi connectivity index (χ0) is 11.6. The van der Waals surface area contributed by atoms with Gasteiger partial charge in [0.05, 0.1) is 6.42 Å². The van der Waals surface area contributed by atoms with Crippen molar-refractivity contribution >= 4 is 5.97 Å². The van der Waals surface area contributed by atoms with Crippen molar-refractivity contribution in [3.05, 3.63) is 34.9 Å². The molecule has 0 radical (unpaired) electrons. The Morgan fingerprint density at radius 2 is 1.93 bits per heavy atom. The normalized spacial score (nSPS) is 10.7. The molecule has 1 aromatic carbocycles. The van der Waals surface area contributed by atoms with Crippen LogP contribution in [0.3, 0.4) is 0 Å². The van der Waals surface area contributed by atoms with Gasteiger partial charge in [-0.2, -0.15) is 0 Å². The molecule has 1 N–H and O–H groups in total. The SMILES string of the molecule is CC(C)c1cc(CC(=O)O)c(F)cc1F. The predicted molar refractivity (Wildman–Crippen MR) is 51.8 cm³/mol. The molecule has 4 heteroatoms. The van der Waals surface area contributed by atoms with E-state index in [1.807, 2.05) is 0 Å². The second-order valence-electron chi connectivity index (χ2n) is 3.69. The van der Waals surface area contributed by atoms with Crippen LogP contribution in [0.4, 0.5) is 8.78 Å². The van der Waals surface area contributed by atoms with Crippen molar-refractivity contribution in [2.45, 2.75) is 26.2 Å². The van der Waals surface area contributed by atoms with Crippen LogP contribution >= 0.6 is 0 Å². The van der Waals surface area contributed by atoms with Gasteiger partial charge in [-0.1, -0.05) is 13.8 Å². The van der Waals surface area contributed by atoms with Crippen molar-refractivity contribution in [2.24, 2.45) is 0 Å². The van der Waals surface area contributed by atoms with Gasteiger partial charge in [0, 0.05) is 6.07 Å². The molecule has 0 aliphatic carbocycles. The van der Waals surface area contributed by atoms with Gasteiger partial charge < -0.3 is 5.11 Å². The quantitative estimate of drug-likeness (QED) is 0.839. The zero-order valence-corrected chi connectivity index (χ0v) is 8.55. The lowest BCUT2D eigenvalue weighted by Gasteiger charge is -2.09. The first-order chi connectivity index (χ1) is 6.91. The summed E-state index contributed by atoms with van der Waals surface area (Å²) in [4.78, 5) is 10.4. The van der Waals surface area contributed by atoms with Crippen LogP contribution in [0.2, 0.25) is 0 Å². The van der Waals surface area contributed by atoms with Gasteiger partial charge in [-0.3, -0.25) is 4.79 Å². The van der Waals surface area contributed by atoms with E-state index in [9.17, 15) is 13.6 Å². The molecule has 0 amide bonds. The van der Waals surface area contributed by atoms with Crippen molar-refractivity contribution < 1.29 is 18.7 Å². The molecule has 0 saturated carbocycles. The summed E-state index contributed by atoms with van der Waals surface area (Å²) in [6.07, 6.45) is -0.425. The smallest absolute Gasteiger partial charge is 0.307 e. The van der Waals surface area contributed by atoms with Crippen LogP contribution in [-0.2, 0) is 11.2 Å². The minimum absolute atomic E-state index is 0.0209. The van der Waals surface area contributed by atoms with E-state index in [0.717, 1.165) is 6.07 Å². The summed E-state index contributed by atoms with van der Waals surface area (Å²) in [5.74, 6) is -2.66. The summed E-state index contributed by atoms with van der Waals surface area (Å²) in [5, 5.41) is 8.53. The van der Waals surface area contributed by atoms with E-state index in [-0.39, 0.29) is 11.5 Å². The van der Waals surface area contributed by atoms with Gasteiger partial charge in [0.15, 0.2) is 0 Å². The van der Waals surface area contributed by atoms with Gasteiger partial charge in [0.1, 0.15) is 11.6 Å². The van der Waals surface area contributed by atoms with Crippen molar-refractivity contribution in [1.82, 2.24) is 0 Å². The molecule has 0 bridgehead atoms. The molecule has 0 aliphatic rings. The number of carboxylic acid groups (broad SMARTS) is 1. The minimum atomic E-state index is -1.13. The van der Waals surface area contributed by atoms with E-state index >= 15 is 0 Å². The van der Waals surface area contributed by atoms with Gasteiger partial charge in [0.25, 0.3) is 0 Å². The van der Waals surface area contributed by atoms with Gasteiger partial charge in [-0.15, -0.1) is 0 Å². The van der Waals surface area contributed by atoms with E-state index in [4.69, 9.17) is 5.11 Å². The number of carboxylic acids is 1. The molecule has 0 unspecified atom stereocenters. The van der Waals surface area contributed by atoms with Gasteiger partial charge in [0.2, 0.25) is 0 Å². The Morgan fingerprint density at radius 3 is 2.40 bits per heavy atom. The first-order valence-electron chi connectivity index (χ1n) is 4.61. The maximum absolute atomic E-state index is 13.2. The molecule has 82 valence electrons. The maximum Gasteiger partial charge on any atom is 0.307 e. The summed E-state index contributed by atoms with van der Waals surface area (Å²) >= 11 is 0. The molecule has 15 heavy (non-hydrogen) atoms. The third kappa shape index (κ3) is 2.75. The third-order valence-corrected chi connectivity index (χ3v) is 2.13. The lowest BCUT2D eigenvalue weighted by molar-refractivity contribution is -0.136. The number of benzene rings is 1. The number of rotatable bonds is 3. The van der Waals surface area contributed by atoms with Crippen LogP contribution in [0, 0.1) is 11.6 Å². The van der Waals surface area contributed by atoms with Crippen LogP contribution in [0.25, 0.3) is 0 Å². The second kappa shape index (κ2) is 4.38. The van der Waals surface area contributed by atoms with E-state index in [1.54, 1.807) is 13.8 Å². The van der Waals surface area contributed by atoms with Crippen molar-refractivity contribution in [1.29, 1.82) is 0 Å². The molecule has 0 heterocycles. The van der Waals surface area contributed by atoms with E-state index in [1.165, 1.54) is 6.07 Å². The highest BCUT2D eigenvalue weighted by Crippen LogP contribution is 2.22. The first kappa shape index (κ1) is 11.6. The molecular weight excluding hydrogens is 202 g/mol. The summed E-state index contributed by atoms with van der Waals surface area (Å²) < 4.78 is 26.4. The Bertz CT molecular complexity index is 386. The van der Waals surface area contributed by atoms with Crippen LogP contribution in [0.15, 0.2) is 12.1 Å². The topological polar surface area (TPSA) is 37.3 Å². The molecule has 1 rings (SSSR count). The molecule has 1 aromatic rings. The summed E-state index contributed by atoms with van der Waals surface area (Å²) in [7, 11) is 0. The Labute approximate surface area is 86.5 Å². The highest BCUT2D eigenvalue weighted by atomic mass is 19.1. The zero-order valence-electron chi connectivity index (χ0n) is 8.55. The lowest BCUT2D eigenvalue weighted by Crippen LogP contribution is -2.05. The van der Waals surface area contributed by atoms with Crippen molar-refractivity contribution in [3.8, 4) is 0 Å². The highest BCUT2D eigenvalue weighted by molar-refractivity contribution is 5.70. The molecule has 0 fully saturated rings. The maximum atomic E-state index is 13.2. The summed E-state index contributed by atoms with van der Waals surface area (Å²) in [6, 6.07) is 2.02. The Hall–Kier alpha value is -1.45. The van der Waals surface area contributed by atoms with Crippen LogP contribution in [0.5, 0.6) is 0 Å². The standard InChI is InChI=1S/C11H12F2O2/c1-6(2)8-3-7(4-11(14)15)9(12)5-10(8)13/h3,5-6H,4H2,1-2H3,(H,14,15). The van der Waals surface area contributed by atoms with E-state index in [2.05, 4.69) is 0 Å². The van der Waals surface area contributed by atoms with Crippen molar-refractivity contribution in [3.63, 3.8) is 0 Å². The fourth-order valence-corrected chi connectivity index (χ4v) is 1.35. The molecule has 2 nitrogen and oxygen atoms in total. The fourth-order valence-electron chi connectivity index (χ4n) is 1.35. The Morgan fingerprint density at radius 1 is 1.33 bits per heavy atom. The molecular formula is C11H12F2O2. The largest absolute Gasteiger partial charge is 0.481 e. The average Bonchev–Trinajstić information content (AvgIpc) is 2.08. The minimum Gasteiger partial charge on any atom is -0.481 e. The fraction of sp³-hybridized carbons (Fsp3) is 0.364. The first-order valence-corrected chi connectivity index (χ1v) is 4.61. The second-order valence-corrected chi connectivity index (χ2v) is 3.69. The van der Waals surface area contributed by atoms with Gasteiger partial charge in [-0.25, -0.2) is 8.78 Å². The molecule has 0 aliphatic heterocycles. The van der Waals surface area contributed by atoms with Gasteiger partial charge >= 0.3 is 5.97 Å². The summed E-state index contributed by atoms with van der Waals surface area (Å²) in [5.41, 5.74) is 0.361. The molecule has 0 spiro atoms. The number of hydrogen-bond acceptors (Lipinski definition) is 1. The third-order valence-electron chi connectivity index (χ3n) is 2.13.